The zero-order valence-corrected chi connectivity index (χ0v) is 67.4. The summed E-state index contributed by atoms with van der Waals surface area (Å²) in [7, 11) is -14.7. The van der Waals surface area contributed by atoms with Crippen LogP contribution in [0.3, 0.4) is 0 Å². The Hall–Kier alpha value is -10.9. The van der Waals surface area contributed by atoms with Gasteiger partial charge in [0.25, 0.3) is 23.5 Å². The normalized spacial score (nSPS) is 11.6. The molecule has 0 saturated carbocycles. The van der Waals surface area contributed by atoms with E-state index in [4.69, 9.17) is 26.7 Å². The Bertz CT molecular complexity index is 5660. The Morgan fingerprint density at radius 3 is 0.890 bits per heavy atom. The maximum absolute atomic E-state index is 11.8. The van der Waals surface area contributed by atoms with Crippen molar-refractivity contribution >= 4 is 40.5 Å². The van der Waals surface area contributed by atoms with Crippen molar-refractivity contribution in [2.24, 2.45) is 0 Å². The molecule has 4 heterocycles. The standard InChI is InChI=1S/C29H38N2O3S.2C19H18N2O3S.C18H16N2O3S/c1-17(2)21-10-22(18(3)4)13-25(12-21)28-29(31-27(16-30-28)34-35(9,32)33)26-14-23(19(5)6)11-24(15-26)20(7)8;1-13-4-8-15(9-5-13)18-19(16-10-6-14(2)7-11-16)21-17(12-20-18)24-25(3,22)23;1-13-6-4-8-15(10-13)18-19(16-9-5-7-14(2)11-16)21-17(12-20-18)24-25(3,22)23;1-13-8-6-7-11-15(13)18-17(14-9-4-3-5-10-14)19-12-16(20-18)23-24(2,21)22/h10-20H,1-9H3;2*4-12H,1-3H3;3-12H,1-2H3. The van der Waals surface area contributed by atoms with Crippen molar-refractivity contribution in [3.8, 4) is 114 Å². The number of nitrogens with zero attached hydrogens (tertiary/aromatic N) is 8. The highest BCUT2D eigenvalue weighted by Gasteiger charge is 2.23. The van der Waals surface area contributed by atoms with Crippen LogP contribution in [-0.2, 0) is 40.5 Å². The van der Waals surface area contributed by atoms with Gasteiger partial charge in [0.1, 0.15) is 22.8 Å². The molecule has 0 saturated heterocycles. The second kappa shape index (κ2) is 35.4. The maximum atomic E-state index is 11.8. The van der Waals surface area contributed by atoms with Crippen LogP contribution in [0.4, 0.5) is 0 Å². The van der Waals surface area contributed by atoms with Crippen LogP contribution in [0.15, 0.2) is 213 Å². The zero-order chi connectivity index (χ0) is 79.3. The number of hydrogen-bond donors (Lipinski definition) is 0. The van der Waals surface area contributed by atoms with E-state index in [0.29, 0.717) is 69.2 Å². The molecule has 0 bridgehead atoms. The van der Waals surface area contributed by atoms with Crippen molar-refractivity contribution in [3.63, 3.8) is 0 Å². The number of aryl methyl sites for hydroxylation is 5. The summed E-state index contributed by atoms with van der Waals surface area (Å²) in [4.78, 5) is 35.8. The third-order valence-corrected chi connectivity index (χ3v) is 18.7. The minimum Gasteiger partial charge on any atom is -0.360 e. The van der Waals surface area contributed by atoms with Crippen molar-refractivity contribution in [3.05, 3.63) is 263 Å². The first kappa shape index (κ1) is 82.1. The Balaban J connectivity index is 0.000000170. The Labute approximate surface area is 641 Å². The van der Waals surface area contributed by atoms with Gasteiger partial charge in [-0.3, -0.25) is 0 Å². The number of aromatic nitrogens is 8. The summed E-state index contributed by atoms with van der Waals surface area (Å²) in [5.41, 5.74) is 22.6. The third-order valence-electron chi connectivity index (χ3n) is 16.8. The van der Waals surface area contributed by atoms with Gasteiger partial charge < -0.3 is 16.7 Å². The predicted molar refractivity (Wildman–Crippen MR) is 434 cm³/mol. The van der Waals surface area contributed by atoms with E-state index in [0.717, 1.165) is 97.3 Å². The maximum Gasteiger partial charge on any atom is 0.307 e. The van der Waals surface area contributed by atoms with Crippen molar-refractivity contribution in [1.29, 1.82) is 0 Å². The van der Waals surface area contributed by atoms with E-state index < -0.39 is 40.5 Å². The van der Waals surface area contributed by atoms with E-state index in [1.807, 2.05) is 186 Å². The van der Waals surface area contributed by atoms with Gasteiger partial charge >= 0.3 is 40.5 Å². The van der Waals surface area contributed by atoms with Crippen LogP contribution < -0.4 is 16.7 Å². The van der Waals surface area contributed by atoms with Gasteiger partial charge in [-0.2, -0.15) is 33.7 Å². The first-order chi connectivity index (χ1) is 51.3. The summed E-state index contributed by atoms with van der Waals surface area (Å²) in [6, 6.07) is 61.9. The molecule has 4 aromatic heterocycles. The monoisotopic (exact) mass is 1540 g/mol. The molecule has 0 N–H and O–H groups in total. The van der Waals surface area contributed by atoms with Gasteiger partial charge in [0.15, 0.2) is 0 Å². The van der Waals surface area contributed by atoms with Gasteiger partial charge in [-0.25, -0.2) is 39.9 Å². The van der Waals surface area contributed by atoms with Gasteiger partial charge in [0, 0.05) is 44.5 Å². The summed E-state index contributed by atoms with van der Waals surface area (Å²) < 4.78 is 112. The fourth-order valence-corrected chi connectivity index (χ4v) is 12.9. The van der Waals surface area contributed by atoms with Crippen LogP contribution in [0.1, 0.15) is 129 Å². The van der Waals surface area contributed by atoms with Gasteiger partial charge in [-0.15, -0.1) is 0 Å². The lowest BCUT2D eigenvalue weighted by Gasteiger charge is -2.18. The Morgan fingerprint density at radius 1 is 0.257 bits per heavy atom. The highest BCUT2D eigenvalue weighted by molar-refractivity contribution is 7.87. The molecule has 0 amide bonds. The minimum atomic E-state index is -3.74. The van der Waals surface area contributed by atoms with Gasteiger partial charge in [-0.05, 0) is 123 Å². The molecular formula is C85H90N8O12S4. The SMILES string of the molecule is CC(C)c1cc(-c2ncc(OS(C)(=O)=O)nc2-c2cc(C(C)C)cc(C(C)C)c2)cc(C(C)C)c1.Cc1ccc(-c2ncc(OS(C)(=O)=O)nc2-c2ccc(C)cc2)cc1.Cc1cccc(-c2ncc(OS(C)(=O)=O)nc2-c2cccc(C)c2)c1.Cc1ccccc1-c1nc(OS(C)(=O)=O)cnc1-c1ccccc1. The molecule has 0 unspecified atom stereocenters. The van der Waals surface area contributed by atoms with Crippen LogP contribution in [0.25, 0.3) is 90.1 Å². The predicted octanol–water partition coefficient (Wildman–Crippen LogP) is 18.6. The number of benzene rings is 8. The molecule has 566 valence electrons. The molecule has 0 aliphatic heterocycles. The lowest BCUT2D eigenvalue weighted by atomic mass is 9.89. The quantitative estimate of drug-likeness (QED) is 0.0641. The van der Waals surface area contributed by atoms with E-state index in [1.54, 1.807) is 0 Å². The second-order valence-corrected chi connectivity index (χ2v) is 34.1. The second-order valence-electron chi connectivity index (χ2n) is 27.8. The van der Waals surface area contributed by atoms with Crippen LogP contribution in [0.5, 0.6) is 23.5 Å². The molecule has 12 rings (SSSR count). The molecule has 0 radical (unpaired) electrons. The fraction of sp³-hybridized carbons (Fsp3) is 0.247. The lowest BCUT2D eigenvalue weighted by Crippen LogP contribution is -2.08. The highest BCUT2D eigenvalue weighted by Crippen LogP contribution is 2.39. The third kappa shape index (κ3) is 23.8. The van der Waals surface area contributed by atoms with E-state index in [1.165, 1.54) is 47.0 Å². The molecule has 20 nitrogen and oxygen atoms in total. The first-order valence-corrected chi connectivity index (χ1v) is 42.3. The van der Waals surface area contributed by atoms with Crippen LogP contribution >= 0.6 is 0 Å². The Morgan fingerprint density at radius 2 is 0.532 bits per heavy atom. The lowest BCUT2D eigenvalue weighted by molar-refractivity contribution is 0.479. The van der Waals surface area contributed by atoms with E-state index in [2.05, 4.69) is 122 Å². The number of rotatable bonds is 20. The first-order valence-electron chi connectivity index (χ1n) is 35.1. The smallest absolute Gasteiger partial charge is 0.307 e. The average Bonchev–Trinajstić information content (AvgIpc) is 0.790. The topological polar surface area (TPSA) is 277 Å². The van der Waals surface area contributed by atoms with Crippen LogP contribution in [0.2, 0.25) is 0 Å². The van der Waals surface area contributed by atoms with Crippen molar-refractivity contribution in [1.82, 2.24) is 39.9 Å². The average molecular weight is 1540 g/mol. The summed E-state index contributed by atoms with van der Waals surface area (Å²) >= 11 is 0. The summed E-state index contributed by atoms with van der Waals surface area (Å²) in [6.45, 7) is 27.4. The van der Waals surface area contributed by atoms with E-state index in [9.17, 15) is 33.7 Å². The van der Waals surface area contributed by atoms with Gasteiger partial charge in [-0.1, -0.05) is 229 Å². The number of hydrogen-bond acceptors (Lipinski definition) is 20. The Kier molecular flexibility index (Phi) is 26.7. The summed E-state index contributed by atoms with van der Waals surface area (Å²) in [5, 5.41) is 0. The summed E-state index contributed by atoms with van der Waals surface area (Å²) in [6.07, 6.45) is 9.33. The molecule has 24 heteroatoms. The zero-order valence-electron chi connectivity index (χ0n) is 64.1. The van der Waals surface area contributed by atoms with E-state index in [-0.39, 0.29) is 23.5 Å². The molecule has 0 fully saturated rings. The van der Waals surface area contributed by atoms with Crippen molar-refractivity contribution in [2.45, 2.75) is 114 Å². The molecule has 0 atom stereocenters. The van der Waals surface area contributed by atoms with Crippen LogP contribution in [-0.4, -0.2) is 98.6 Å². The molecule has 8 aromatic carbocycles. The molecule has 0 aliphatic carbocycles. The molecule has 109 heavy (non-hydrogen) atoms. The van der Waals surface area contributed by atoms with Crippen molar-refractivity contribution < 1.29 is 50.4 Å². The minimum absolute atomic E-state index is 0.0311. The fourth-order valence-electron chi connectivity index (χ4n) is 11.3. The largest absolute Gasteiger partial charge is 0.360 e. The van der Waals surface area contributed by atoms with E-state index >= 15 is 0 Å². The van der Waals surface area contributed by atoms with Gasteiger partial charge in [0.05, 0.1) is 72.6 Å². The highest BCUT2D eigenvalue weighted by atomic mass is 32.2. The van der Waals surface area contributed by atoms with Crippen LogP contribution in [0, 0.1) is 34.6 Å². The summed E-state index contributed by atoms with van der Waals surface area (Å²) in [5.74, 6) is 1.20. The molecule has 12 aromatic rings. The molecule has 0 aliphatic rings. The molecular weight excluding hydrogens is 1450 g/mol. The van der Waals surface area contributed by atoms with Crippen molar-refractivity contribution in [2.75, 3.05) is 25.0 Å². The van der Waals surface area contributed by atoms with Gasteiger partial charge in [0.2, 0.25) is 0 Å². The molecule has 0 spiro atoms.